The van der Waals surface area contributed by atoms with Crippen molar-refractivity contribution in [3.8, 4) is 0 Å². The van der Waals surface area contributed by atoms with Crippen LogP contribution >= 0.6 is 0 Å². The van der Waals surface area contributed by atoms with Crippen LogP contribution in [0.25, 0.3) is 0 Å². The highest BCUT2D eigenvalue weighted by atomic mass is 19.4. The van der Waals surface area contributed by atoms with Gasteiger partial charge in [-0.1, -0.05) is 12.1 Å². The molecule has 0 spiro atoms. The van der Waals surface area contributed by atoms with Gasteiger partial charge in [0.25, 0.3) is 0 Å². The second-order valence-corrected chi connectivity index (χ2v) is 3.17. The quantitative estimate of drug-likeness (QED) is 0.642. The van der Waals surface area contributed by atoms with Gasteiger partial charge in [0.15, 0.2) is 0 Å². The van der Waals surface area contributed by atoms with Crippen molar-refractivity contribution >= 4 is 0 Å². The minimum Gasteiger partial charge on any atom is -0.298 e. The van der Waals surface area contributed by atoms with Crippen molar-refractivity contribution in [1.82, 2.24) is 5.32 Å². The Kier molecular flexibility index (Phi) is 1.99. The molecule has 1 N–H and O–H groups in total. The average Bonchev–Trinajstić information content (AvgIpc) is 2.47. The van der Waals surface area contributed by atoms with E-state index in [-0.39, 0.29) is 12.1 Å². The van der Waals surface area contributed by atoms with Crippen LogP contribution in [0.5, 0.6) is 0 Å². The van der Waals surface area contributed by atoms with Crippen LogP contribution in [0, 0.1) is 5.82 Å². The average molecular weight is 205 g/mol. The fraction of sp³-hybridized carbons (Fsp3) is 0.333. The van der Waals surface area contributed by atoms with E-state index in [0.29, 0.717) is 5.56 Å². The first-order valence-corrected chi connectivity index (χ1v) is 4.07. The smallest absolute Gasteiger partial charge is 0.298 e. The fourth-order valence-electron chi connectivity index (χ4n) is 1.65. The molecule has 0 radical (unpaired) electrons. The molecule has 0 aromatic heterocycles. The molecule has 1 heterocycles. The van der Waals surface area contributed by atoms with E-state index < -0.39 is 18.0 Å². The van der Waals surface area contributed by atoms with E-state index in [2.05, 4.69) is 5.32 Å². The molecule has 0 fully saturated rings. The van der Waals surface area contributed by atoms with Gasteiger partial charge in [-0.05, 0) is 11.6 Å². The summed E-state index contributed by atoms with van der Waals surface area (Å²) in [6.45, 7) is 0.0667. The van der Waals surface area contributed by atoms with Crippen LogP contribution in [-0.2, 0) is 6.54 Å². The molecule has 5 heteroatoms. The molecule has 1 nitrogen and oxygen atoms in total. The first-order chi connectivity index (χ1) is 6.50. The van der Waals surface area contributed by atoms with Crippen molar-refractivity contribution in [2.45, 2.75) is 18.8 Å². The zero-order chi connectivity index (χ0) is 10.3. The van der Waals surface area contributed by atoms with E-state index in [0.717, 1.165) is 6.07 Å². The molecule has 1 aliphatic heterocycles. The van der Waals surface area contributed by atoms with Crippen LogP contribution < -0.4 is 5.32 Å². The molecule has 1 aromatic rings. The highest BCUT2D eigenvalue weighted by Crippen LogP contribution is 2.39. The van der Waals surface area contributed by atoms with E-state index in [1.807, 2.05) is 0 Å². The van der Waals surface area contributed by atoms with Crippen molar-refractivity contribution in [2.75, 3.05) is 0 Å². The Balaban J connectivity index is 2.48. The third-order valence-electron chi connectivity index (χ3n) is 2.26. The van der Waals surface area contributed by atoms with Crippen molar-refractivity contribution in [1.29, 1.82) is 0 Å². The minimum absolute atomic E-state index is 0.0667. The number of hydrogen-bond acceptors (Lipinski definition) is 1. The number of halogens is 4. The van der Waals surface area contributed by atoms with E-state index in [4.69, 9.17) is 0 Å². The van der Waals surface area contributed by atoms with E-state index >= 15 is 0 Å². The molecule has 0 bridgehead atoms. The van der Waals surface area contributed by atoms with E-state index in [9.17, 15) is 17.6 Å². The molecular weight excluding hydrogens is 198 g/mol. The molecule has 0 aliphatic carbocycles. The Morgan fingerprint density at radius 1 is 1.29 bits per heavy atom. The van der Waals surface area contributed by atoms with Crippen LogP contribution in [0.2, 0.25) is 0 Å². The lowest BCUT2D eigenvalue weighted by molar-refractivity contribution is -0.156. The number of rotatable bonds is 0. The summed E-state index contributed by atoms with van der Waals surface area (Å²) in [4.78, 5) is 0. The Morgan fingerprint density at radius 2 is 2.00 bits per heavy atom. The highest BCUT2D eigenvalue weighted by molar-refractivity contribution is 5.36. The predicted molar refractivity (Wildman–Crippen MR) is 42.0 cm³/mol. The number of fused-ring (bicyclic) bond motifs is 1. The van der Waals surface area contributed by atoms with Crippen LogP contribution in [0.15, 0.2) is 18.2 Å². The van der Waals surface area contributed by atoms with Crippen LogP contribution in [0.1, 0.15) is 17.2 Å². The summed E-state index contributed by atoms with van der Waals surface area (Å²) in [7, 11) is 0. The molecule has 0 saturated heterocycles. The third kappa shape index (κ3) is 1.37. The highest BCUT2D eigenvalue weighted by Gasteiger charge is 2.45. The third-order valence-corrected chi connectivity index (χ3v) is 2.26. The molecule has 1 aromatic carbocycles. The summed E-state index contributed by atoms with van der Waals surface area (Å²) >= 11 is 0. The molecular formula is C9H7F4N. The molecule has 14 heavy (non-hydrogen) atoms. The minimum atomic E-state index is -4.44. The number of nitrogens with one attached hydrogen (secondary N) is 1. The van der Waals surface area contributed by atoms with Crippen LogP contribution in [0.4, 0.5) is 17.6 Å². The zero-order valence-corrected chi connectivity index (χ0v) is 7.03. The van der Waals surface area contributed by atoms with Gasteiger partial charge < -0.3 is 0 Å². The lowest BCUT2D eigenvalue weighted by Crippen LogP contribution is -2.29. The summed E-state index contributed by atoms with van der Waals surface area (Å²) in [5.41, 5.74) is 0.118. The zero-order valence-electron chi connectivity index (χ0n) is 7.03. The van der Waals surface area contributed by atoms with Crippen LogP contribution in [-0.4, -0.2) is 6.18 Å². The summed E-state index contributed by atoms with van der Waals surface area (Å²) in [5.74, 6) is -0.796. The van der Waals surface area contributed by atoms with Crippen molar-refractivity contribution in [3.05, 3.63) is 35.1 Å². The molecule has 2 rings (SSSR count). The second-order valence-electron chi connectivity index (χ2n) is 3.17. The Bertz CT molecular complexity index is 358. The van der Waals surface area contributed by atoms with Gasteiger partial charge in [-0.25, -0.2) is 4.39 Å². The van der Waals surface area contributed by atoms with Gasteiger partial charge in [0, 0.05) is 12.1 Å². The van der Waals surface area contributed by atoms with Gasteiger partial charge in [-0.3, -0.25) is 5.32 Å². The maximum atomic E-state index is 13.1. The first kappa shape index (κ1) is 9.45. The summed E-state index contributed by atoms with van der Waals surface area (Å²) in [6.07, 6.45) is -4.44. The summed E-state index contributed by atoms with van der Waals surface area (Å²) in [6, 6.07) is 2.09. The fourth-order valence-corrected chi connectivity index (χ4v) is 1.65. The van der Waals surface area contributed by atoms with Crippen molar-refractivity contribution < 1.29 is 17.6 Å². The first-order valence-electron chi connectivity index (χ1n) is 4.07. The van der Waals surface area contributed by atoms with Crippen molar-refractivity contribution in [3.63, 3.8) is 0 Å². The predicted octanol–water partition coefficient (Wildman–Crippen LogP) is 2.53. The SMILES string of the molecule is Fc1cccc2c1[C@H](C(F)(F)F)NC2. The Morgan fingerprint density at radius 3 is 2.64 bits per heavy atom. The number of alkyl halides is 3. The maximum Gasteiger partial charge on any atom is 0.408 e. The maximum absolute atomic E-state index is 13.1. The normalized spacial score (nSPS) is 21.0. The van der Waals surface area contributed by atoms with Gasteiger partial charge in [0.2, 0.25) is 0 Å². The van der Waals surface area contributed by atoms with Gasteiger partial charge in [-0.2, -0.15) is 13.2 Å². The number of hydrogen-bond donors (Lipinski definition) is 1. The van der Waals surface area contributed by atoms with Gasteiger partial charge in [0.1, 0.15) is 11.9 Å². The second kappa shape index (κ2) is 2.95. The molecule has 1 aliphatic rings. The summed E-state index contributed by atoms with van der Waals surface area (Å²) in [5, 5.41) is 2.24. The molecule has 0 amide bonds. The largest absolute Gasteiger partial charge is 0.408 e. The lowest BCUT2D eigenvalue weighted by Gasteiger charge is -2.16. The Hall–Kier alpha value is -1.10. The standard InChI is InChI=1S/C9H7F4N/c10-6-3-1-2-5-4-14-8(7(5)6)9(11,12)13/h1-3,8,14H,4H2/t8-/m1/s1. The monoisotopic (exact) mass is 205 g/mol. The van der Waals surface area contributed by atoms with E-state index in [1.165, 1.54) is 12.1 Å². The summed E-state index contributed by atoms with van der Waals surface area (Å²) < 4.78 is 50.3. The van der Waals surface area contributed by atoms with Crippen LogP contribution in [0.3, 0.4) is 0 Å². The lowest BCUT2D eigenvalue weighted by atomic mass is 10.0. The molecule has 0 unspecified atom stereocenters. The van der Waals surface area contributed by atoms with Gasteiger partial charge >= 0.3 is 6.18 Å². The van der Waals surface area contributed by atoms with Gasteiger partial charge in [-0.15, -0.1) is 0 Å². The topological polar surface area (TPSA) is 12.0 Å². The Labute approximate surface area is 77.7 Å². The number of benzene rings is 1. The van der Waals surface area contributed by atoms with E-state index in [1.54, 1.807) is 0 Å². The molecule has 1 atom stereocenters. The molecule has 0 saturated carbocycles. The van der Waals surface area contributed by atoms with Gasteiger partial charge in [0.05, 0.1) is 0 Å². The van der Waals surface area contributed by atoms with Crippen molar-refractivity contribution in [2.24, 2.45) is 0 Å². The molecule has 76 valence electrons.